The number of aliphatic carboxylic acids is 1. The number of hydrogen-bond donors (Lipinski definition) is 3. The van der Waals surface area contributed by atoms with E-state index in [1.165, 1.54) is 0 Å². The first-order chi connectivity index (χ1) is 8.02. The molecule has 0 aromatic heterocycles. The predicted molar refractivity (Wildman–Crippen MR) is 66.9 cm³/mol. The van der Waals surface area contributed by atoms with Crippen molar-refractivity contribution in [2.75, 3.05) is 13.6 Å². The average molecular weight is 244 g/mol. The minimum absolute atomic E-state index is 0.0789. The topological polar surface area (TPSA) is 78.4 Å². The molecule has 17 heavy (non-hydrogen) atoms. The maximum absolute atomic E-state index is 11.4. The third-order valence-electron chi connectivity index (χ3n) is 2.86. The molecule has 0 bridgehead atoms. The number of carbonyl (C=O) groups is 2. The number of carboxylic acid groups (broad SMARTS) is 1. The second kappa shape index (κ2) is 8.06. The summed E-state index contributed by atoms with van der Waals surface area (Å²) in [4.78, 5) is 22.5. The van der Waals surface area contributed by atoms with E-state index < -0.39 is 11.5 Å². The van der Waals surface area contributed by atoms with Gasteiger partial charge in [0.05, 0.1) is 0 Å². The molecule has 100 valence electrons. The van der Waals surface area contributed by atoms with Crippen molar-refractivity contribution in [3.8, 4) is 0 Å². The lowest BCUT2D eigenvalue weighted by Gasteiger charge is -2.30. The van der Waals surface area contributed by atoms with Crippen molar-refractivity contribution >= 4 is 11.9 Å². The molecule has 0 saturated heterocycles. The molecule has 1 amide bonds. The lowest BCUT2D eigenvalue weighted by atomic mass is 9.88. The summed E-state index contributed by atoms with van der Waals surface area (Å²) < 4.78 is 0. The van der Waals surface area contributed by atoms with E-state index in [1.54, 1.807) is 7.05 Å². The molecule has 5 heteroatoms. The van der Waals surface area contributed by atoms with Crippen molar-refractivity contribution in [1.29, 1.82) is 0 Å². The van der Waals surface area contributed by atoms with Gasteiger partial charge in [0.1, 0.15) is 5.54 Å². The summed E-state index contributed by atoms with van der Waals surface area (Å²) in [5.74, 6) is -0.900. The van der Waals surface area contributed by atoms with Crippen LogP contribution in [0.25, 0.3) is 0 Å². The maximum Gasteiger partial charge on any atom is 0.323 e. The Morgan fingerprint density at radius 1 is 1.18 bits per heavy atom. The number of amides is 1. The molecule has 0 fully saturated rings. The zero-order valence-corrected chi connectivity index (χ0v) is 11.0. The Morgan fingerprint density at radius 3 is 2.06 bits per heavy atom. The van der Waals surface area contributed by atoms with Crippen LogP contribution < -0.4 is 10.6 Å². The van der Waals surface area contributed by atoms with Gasteiger partial charge in [-0.15, -0.1) is 0 Å². The van der Waals surface area contributed by atoms with Crippen molar-refractivity contribution < 1.29 is 14.7 Å². The molecule has 0 rings (SSSR count). The highest BCUT2D eigenvalue weighted by Crippen LogP contribution is 2.20. The van der Waals surface area contributed by atoms with Crippen LogP contribution in [0.15, 0.2) is 0 Å². The summed E-state index contributed by atoms with van der Waals surface area (Å²) in [6, 6.07) is 0. The van der Waals surface area contributed by atoms with Crippen LogP contribution in [0.5, 0.6) is 0 Å². The highest BCUT2D eigenvalue weighted by molar-refractivity contribution is 5.79. The van der Waals surface area contributed by atoms with E-state index in [4.69, 9.17) is 0 Å². The molecule has 0 radical (unpaired) electrons. The van der Waals surface area contributed by atoms with Crippen LogP contribution in [0, 0.1) is 0 Å². The fraction of sp³-hybridized carbons (Fsp3) is 0.833. The molecule has 3 N–H and O–H groups in total. The predicted octanol–water partition coefficient (Wildman–Crippen LogP) is 1.14. The second-order valence-electron chi connectivity index (χ2n) is 4.24. The monoisotopic (exact) mass is 244 g/mol. The maximum atomic E-state index is 11.4. The number of carbonyl (C=O) groups excluding carboxylic acids is 1. The van der Waals surface area contributed by atoms with Crippen LogP contribution in [0.4, 0.5) is 0 Å². The Balaban J connectivity index is 4.45. The highest BCUT2D eigenvalue weighted by atomic mass is 16.4. The third kappa shape index (κ3) is 5.17. The Hall–Kier alpha value is -1.10. The Labute approximate surface area is 103 Å². The summed E-state index contributed by atoms with van der Waals surface area (Å²) in [5, 5.41) is 14.9. The summed E-state index contributed by atoms with van der Waals surface area (Å²) >= 11 is 0. The smallest absolute Gasteiger partial charge is 0.323 e. The molecule has 0 saturated carbocycles. The van der Waals surface area contributed by atoms with Gasteiger partial charge in [0.15, 0.2) is 0 Å². The van der Waals surface area contributed by atoms with Crippen molar-refractivity contribution in [3.63, 3.8) is 0 Å². The summed E-state index contributed by atoms with van der Waals surface area (Å²) in [5.41, 5.74) is -0.877. The number of hydrogen-bond acceptors (Lipinski definition) is 3. The minimum atomic E-state index is -0.877. The Bertz CT molecular complexity index is 248. The SMILES string of the molecule is CCCC(CCC)(NCCC(=O)NC)C(=O)O. The first-order valence-corrected chi connectivity index (χ1v) is 6.21. The van der Waals surface area contributed by atoms with Crippen LogP contribution in [0.1, 0.15) is 46.0 Å². The molecular formula is C12H24N2O3. The molecule has 0 aliphatic carbocycles. The quantitative estimate of drug-likeness (QED) is 0.568. The number of rotatable bonds is 9. The summed E-state index contributed by atoms with van der Waals surface area (Å²) in [6.07, 6.45) is 3.09. The van der Waals surface area contributed by atoms with Gasteiger partial charge in [-0.3, -0.25) is 9.59 Å². The lowest BCUT2D eigenvalue weighted by molar-refractivity contribution is -0.146. The third-order valence-corrected chi connectivity index (χ3v) is 2.86. The van der Waals surface area contributed by atoms with E-state index in [0.29, 0.717) is 25.8 Å². The first kappa shape index (κ1) is 15.9. The molecule has 0 aromatic carbocycles. The molecule has 0 spiro atoms. The standard InChI is InChI=1S/C12H24N2O3/c1-4-7-12(8-5-2,11(16)17)14-9-6-10(15)13-3/h14H,4-9H2,1-3H3,(H,13,15)(H,16,17). The van der Waals surface area contributed by atoms with E-state index >= 15 is 0 Å². The average Bonchev–Trinajstić information content (AvgIpc) is 2.28. The van der Waals surface area contributed by atoms with Crippen molar-refractivity contribution in [2.24, 2.45) is 0 Å². The van der Waals surface area contributed by atoms with E-state index in [1.807, 2.05) is 13.8 Å². The molecule has 5 nitrogen and oxygen atoms in total. The Morgan fingerprint density at radius 2 is 1.71 bits per heavy atom. The molecule has 0 aromatic rings. The number of nitrogens with one attached hydrogen (secondary N) is 2. The zero-order chi connectivity index (χ0) is 13.3. The fourth-order valence-electron chi connectivity index (χ4n) is 1.99. The summed E-state index contributed by atoms with van der Waals surface area (Å²) in [7, 11) is 1.57. The molecule has 0 atom stereocenters. The van der Waals surface area contributed by atoms with Crippen LogP contribution in [0.3, 0.4) is 0 Å². The van der Waals surface area contributed by atoms with Crippen LogP contribution in [-0.2, 0) is 9.59 Å². The van der Waals surface area contributed by atoms with Crippen molar-refractivity contribution in [1.82, 2.24) is 10.6 Å². The van der Waals surface area contributed by atoms with E-state index in [0.717, 1.165) is 12.8 Å². The normalized spacial score (nSPS) is 11.2. The zero-order valence-electron chi connectivity index (χ0n) is 11.0. The van der Waals surface area contributed by atoms with Crippen LogP contribution in [-0.4, -0.2) is 36.1 Å². The van der Waals surface area contributed by atoms with Crippen LogP contribution >= 0.6 is 0 Å². The molecular weight excluding hydrogens is 220 g/mol. The first-order valence-electron chi connectivity index (χ1n) is 6.21. The largest absolute Gasteiger partial charge is 0.480 e. The lowest BCUT2D eigenvalue weighted by Crippen LogP contribution is -2.52. The number of carboxylic acids is 1. The second-order valence-corrected chi connectivity index (χ2v) is 4.24. The van der Waals surface area contributed by atoms with Gasteiger partial charge in [-0.05, 0) is 12.8 Å². The van der Waals surface area contributed by atoms with Gasteiger partial charge >= 0.3 is 5.97 Å². The molecule has 0 heterocycles. The van der Waals surface area contributed by atoms with Gasteiger partial charge in [-0.25, -0.2) is 0 Å². The molecule has 0 aliphatic heterocycles. The van der Waals surface area contributed by atoms with Gasteiger partial charge < -0.3 is 15.7 Å². The van der Waals surface area contributed by atoms with E-state index in [2.05, 4.69) is 10.6 Å². The van der Waals surface area contributed by atoms with E-state index in [-0.39, 0.29) is 5.91 Å². The van der Waals surface area contributed by atoms with Gasteiger partial charge in [0, 0.05) is 20.0 Å². The minimum Gasteiger partial charge on any atom is -0.480 e. The molecule has 0 unspecified atom stereocenters. The van der Waals surface area contributed by atoms with Gasteiger partial charge in [-0.2, -0.15) is 0 Å². The molecule has 0 aliphatic rings. The van der Waals surface area contributed by atoms with Crippen molar-refractivity contribution in [3.05, 3.63) is 0 Å². The highest BCUT2D eigenvalue weighted by Gasteiger charge is 2.35. The van der Waals surface area contributed by atoms with Crippen molar-refractivity contribution in [2.45, 2.75) is 51.5 Å². The van der Waals surface area contributed by atoms with Gasteiger partial charge in [-0.1, -0.05) is 26.7 Å². The van der Waals surface area contributed by atoms with Gasteiger partial charge in [0.25, 0.3) is 0 Å². The summed E-state index contributed by atoms with van der Waals surface area (Å²) in [6.45, 7) is 4.33. The fourth-order valence-corrected chi connectivity index (χ4v) is 1.99. The van der Waals surface area contributed by atoms with Crippen LogP contribution in [0.2, 0.25) is 0 Å². The van der Waals surface area contributed by atoms with E-state index in [9.17, 15) is 14.7 Å². The van der Waals surface area contributed by atoms with Gasteiger partial charge in [0.2, 0.25) is 5.91 Å². The Kier molecular flexibility index (Phi) is 7.54.